The van der Waals surface area contributed by atoms with Gasteiger partial charge in [0.2, 0.25) is 5.95 Å². The molecule has 4 nitrogen and oxygen atoms in total. The molecule has 0 radical (unpaired) electrons. The average Bonchev–Trinajstić information content (AvgIpc) is 2.49. The lowest BCUT2D eigenvalue weighted by molar-refractivity contribution is 0.797. The van der Waals surface area contributed by atoms with Crippen molar-refractivity contribution in [3.05, 3.63) is 35.4 Å². The maximum Gasteiger partial charge on any atom is 0.250 e. The lowest BCUT2D eigenvalue weighted by atomic mass is 10.5. The predicted octanol–water partition coefficient (Wildman–Crippen LogP) is 1.62. The molecule has 0 saturated heterocycles. The molecule has 0 aliphatic rings. The van der Waals surface area contributed by atoms with Crippen LogP contribution in [0.15, 0.2) is 24.7 Å². The van der Waals surface area contributed by atoms with Gasteiger partial charge in [-0.15, -0.1) is 0 Å². The summed E-state index contributed by atoms with van der Waals surface area (Å²) in [7, 11) is 0. The molecule has 2 rings (SSSR count). The molecule has 0 N–H and O–H groups in total. The normalized spacial score (nSPS) is 10.3. The maximum absolute atomic E-state index is 5.84. The first kappa shape index (κ1) is 8.19. The minimum absolute atomic E-state index is 0.525. The third-order valence-electron chi connectivity index (χ3n) is 1.60. The van der Waals surface area contributed by atoms with Gasteiger partial charge in [-0.1, -0.05) is 11.6 Å². The Kier molecular flexibility index (Phi) is 1.98. The Balaban J connectivity index is 2.48. The van der Waals surface area contributed by atoms with E-state index in [4.69, 9.17) is 11.6 Å². The van der Waals surface area contributed by atoms with Crippen LogP contribution in [0.1, 0.15) is 5.69 Å². The van der Waals surface area contributed by atoms with E-state index < -0.39 is 0 Å². The van der Waals surface area contributed by atoms with Gasteiger partial charge in [-0.25, -0.2) is 14.6 Å². The van der Waals surface area contributed by atoms with E-state index in [-0.39, 0.29) is 0 Å². The van der Waals surface area contributed by atoms with Gasteiger partial charge >= 0.3 is 0 Å². The molecule has 2 aromatic rings. The van der Waals surface area contributed by atoms with Crippen molar-refractivity contribution in [3.63, 3.8) is 0 Å². The summed E-state index contributed by atoms with van der Waals surface area (Å²) in [6.07, 6.45) is 5.01. The van der Waals surface area contributed by atoms with Crippen molar-refractivity contribution in [2.24, 2.45) is 0 Å². The monoisotopic (exact) mass is 194 g/mol. The van der Waals surface area contributed by atoms with Gasteiger partial charge in [-0.2, -0.15) is 5.10 Å². The minimum atomic E-state index is 0.525. The van der Waals surface area contributed by atoms with Gasteiger partial charge in [0, 0.05) is 12.4 Å². The van der Waals surface area contributed by atoms with Crippen LogP contribution in [0.4, 0.5) is 0 Å². The number of hydrogen-bond acceptors (Lipinski definition) is 3. The van der Waals surface area contributed by atoms with E-state index in [0.29, 0.717) is 11.0 Å². The summed E-state index contributed by atoms with van der Waals surface area (Å²) in [6, 6.07) is 1.75. The third-order valence-corrected chi connectivity index (χ3v) is 1.97. The summed E-state index contributed by atoms with van der Waals surface area (Å²) in [6.45, 7) is 1.84. The Morgan fingerprint density at radius 3 is 2.54 bits per heavy atom. The zero-order valence-electron chi connectivity index (χ0n) is 6.98. The van der Waals surface area contributed by atoms with Crippen molar-refractivity contribution in [1.29, 1.82) is 0 Å². The van der Waals surface area contributed by atoms with E-state index in [1.807, 2.05) is 6.92 Å². The summed E-state index contributed by atoms with van der Waals surface area (Å²) < 4.78 is 1.55. The van der Waals surface area contributed by atoms with E-state index in [9.17, 15) is 0 Å². The van der Waals surface area contributed by atoms with Crippen LogP contribution in [0.25, 0.3) is 5.95 Å². The van der Waals surface area contributed by atoms with Crippen LogP contribution in [0.5, 0.6) is 0 Å². The molecule has 5 heteroatoms. The first-order valence-corrected chi connectivity index (χ1v) is 4.14. The highest BCUT2D eigenvalue weighted by Gasteiger charge is 2.04. The zero-order chi connectivity index (χ0) is 9.26. The van der Waals surface area contributed by atoms with E-state index in [1.165, 1.54) is 0 Å². The number of aryl methyl sites for hydroxylation is 1. The molecule has 2 aromatic heterocycles. The van der Waals surface area contributed by atoms with Gasteiger partial charge in [-0.3, -0.25) is 0 Å². The van der Waals surface area contributed by atoms with Gasteiger partial charge in [-0.05, 0) is 13.0 Å². The Bertz CT molecular complexity index is 390. The van der Waals surface area contributed by atoms with Gasteiger partial charge in [0.25, 0.3) is 0 Å². The van der Waals surface area contributed by atoms with Crippen molar-refractivity contribution in [2.45, 2.75) is 6.92 Å². The van der Waals surface area contributed by atoms with Gasteiger partial charge in [0.05, 0.1) is 16.9 Å². The molecule has 0 fully saturated rings. The van der Waals surface area contributed by atoms with Crippen molar-refractivity contribution in [3.8, 4) is 5.95 Å². The fourth-order valence-corrected chi connectivity index (χ4v) is 1.08. The number of nitrogens with zero attached hydrogens (tertiary/aromatic N) is 4. The van der Waals surface area contributed by atoms with Crippen LogP contribution in [-0.2, 0) is 0 Å². The number of halogens is 1. The van der Waals surface area contributed by atoms with Crippen molar-refractivity contribution < 1.29 is 0 Å². The lowest BCUT2D eigenvalue weighted by Gasteiger charge is -1.95. The second-order valence-corrected chi connectivity index (χ2v) is 2.96. The number of hydrogen-bond donors (Lipinski definition) is 0. The van der Waals surface area contributed by atoms with Crippen LogP contribution < -0.4 is 0 Å². The van der Waals surface area contributed by atoms with Crippen LogP contribution in [0.3, 0.4) is 0 Å². The molecule has 0 aliphatic carbocycles. The Morgan fingerprint density at radius 2 is 2.00 bits per heavy atom. The van der Waals surface area contributed by atoms with E-state index in [0.717, 1.165) is 5.69 Å². The minimum Gasteiger partial charge on any atom is -0.220 e. The molecule has 0 spiro atoms. The fourth-order valence-electron chi connectivity index (χ4n) is 0.951. The fraction of sp³-hybridized carbons (Fsp3) is 0.125. The quantitative estimate of drug-likeness (QED) is 0.693. The summed E-state index contributed by atoms with van der Waals surface area (Å²) in [5, 5.41) is 4.76. The predicted molar refractivity (Wildman–Crippen MR) is 48.9 cm³/mol. The Morgan fingerprint density at radius 1 is 1.31 bits per heavy atom. The molecular weight excluding hydrogens is 188 g/mol. The summed E-state index contributed by atoms with van der Waals surface area (Å²) in [5.41, 5.74) is 0.772. The highest BCUT2D eigenvalue weighted by atomic mass is 35.5. The van der Waals surface area contributed by atoms with Crippen molar-refractivity contribution in [2.75, 3.05) is 0 Å². The van der Waals surface area contributed by atoms with E-state index >= 15 is 0 Å². The van der Waals surface area contributed by atoms with Crippen LogP contribution in [-0.4, -0.2) is 19.7 Å². The van der Waals surface area contributed by atoms with Crippen LogP contribution in [0, 0.1) is 6.92 Å². The highest BCUT2D eigenvalue weighted by Crippen LogP contribution is 2.13. The Labute approximate surface area is 80.2 Å². The smallest absolute Gasteiger partial charge is 0.220 e. The molecule has 13 heavy (non-hydrogen) atoms. The molecule has 0 amide bonds. The summed E-state index contributed by atoms with van der Waals surface area (Å²) in [5.74, 6) is 0.525. The SMILES string of the molecule is Cc1nn(-c2ncccn2)cc1Cl. The molecule has 0 aromatic carbocycles. The van der Waals surface area contributed by atoms with Crippen LogP contribution in [0.2, 0.25) is 5.02 Å². The van der Waals surface area contributed by atoms with Gasteiger partial charge < -0.3 is 0 Å². The molecule has 0 saturated carbocycles. The summed E-state index contributed by atoms with van der Waals surface area (Å²) in [4.78, 5) is 8.07. The second kappa shape index (κ2) is 3.14. The van der Waals surface area contributed by atoms with Crippen molar-refractivity contribution >= 4 is 11.6 Å². The molecule has 2 heterocycles. The second-order valence-electron chi connectivity index (χ2n) is 2.56. The zero-order valence-corrected chi connectivity index (χ0v) is 7.73. The third kappa shape index (κ3) is 1.53. The topological polar surface area (TPSA) is 43.6 Å². The summed E-state index contributed by atoms with van der Waals surface area (Å²) >= 11 is 5.84. The van der Waals surface area contributed by atoms with Crippen LogP contribution >= 0.6 is 11.6 Å². The molecule has 0 aliphatic heterocycles. The van der Waals surface area contributed by atoms with Crippen molar-refractivity contribution in [1.82, 2.24) is 19.7 Å². The largest absolute Gasteiger partial charge is 0.250 e. The average molecular weight is 195 g/mol. The number of aromatic nitrogens is 4. The molecular formula is C8H7ClN4. The Hall–Kier alpha value is -1.42. The molecule has 0 bridgehead atoms. The standard InChI is InChI=1S/C8H7ClN4/c1-6-7(9)5-13(12-6)8-10-3-2-4-11-8/h2-5H,1H3. The molecule has 0 atom stereocenters. The van der Waals surface area contributed by atoms with Gasteiger partial charge in [0.1, 0.15) is 0 Å². The maximum atomic E-state index is 5.84. The highest BCUT2D eigenvalue weighted by molar-refractivity contribution is 6.31. The van der Waals surface area contributed by atoms with E-state index in [2.05, 4.69) is 15.1 Å². The van der Waals surface area contributed by atoms with E-state index in [1.54, 1.807) is 29.3 Å². The first-order chi connectivity index (χ1) is 6.27. The first-order valence-electron chi connectivity index (χ1n) is 3.76. The van der Waals surface area contributed by atoms with Gasteiger partial charge in [0.15, 0.2) is 0 Å². The lowest BCUT2D eigenvalue weighted by Crippen LogP contribution is -2.00. The number of rotatable bonds is 1. The molecule has 66 valence electrons. The molecule has 0 unspecified atom stereocenters.